The van der Waals surface area contributed by atoms with Gasteiger partial charge >= 0.3 is 5.97 Å². The number of esters is 1. The van der Waals surface area contributed by atoms with Gasteiger partial charge in [0.05, 0.1) is 13.3 Å². The Bertz CT molecular complexity index is 741. The van der Waals surface area contributed by atoms with Gasteiger partial charge in [0.1, 0.15) is 5.75 Å². The molecule has 0 aromatic heterocycles. The number of oxime groups is 1. The highest BCUT2D eigenvalue weighted by Gasteiger charge is 2.10. The van der Waals surface area contributed by atoms with Crippen molar-refractivity contribution in [3.8, 4) is 5.75 Å². The van der Waals surface area contributed by atoms with Crippen LogP contribution in [0.25, 0.3) is 0 Å². The Labute approximate surface area is 149 Å². The second kappa shape index (κ2) is 9.44. The summed E-state index contributed by atoms with van der Waals surface area (Å²) in [6.45, 7) is -0.757. The van der Waals surface area contributed by atoms with Crippen LogP contribution in [0.15, 0.2) is 53.7 Å². The summed E-state index contributed by atoms with van der Waals surface area (Å²) in [6, 6.07) is 13.4. The third-order valence-corrected chi connectivity index (χ3v) is 3.36. The molecule has 0 N–H and O–H groups in total. The summed E-state index contributed by atoms with van der Waals surface area (Å²) in [6.07, 6.45) is 1.45. The molecule has 0 bridgehead atoms. The first-order valence-electron chi connectivity index (χ1n) is 7.32. The van der Waals surface area contributed by atoms with Gasteiger partial charge in [-0.1, -0.05) is 16.8 Å². The number of ketones is 1. The van der Waals surface area contributed by atoms with E-state index in [4.69, 9.17) is 25.9 Å². The fourth-order valence-corrected chi connectivity index (χ4v) is 1.91. The number of carbonyl (C=O) groups excluding carboxylic acids is 2. The summed E-state index contributed by atoms with van der Waals surface area (Å²) in [4.78, 5) is 28.2. The topological polar surface area (TPSA) is 74.2 Å². The standard InChI is InChI=1S/C18H16ClNO5/c1-23-16-8-2-13(3-9-16)10-20-25-12-18(22)24-11-17(21)14-4-6-15(19)7-5-14/h2-10H,11-12H2,1H3/b20-10-. The second-order valence-electron chi connectivity index (χ2n) is 4.87. The Morgan fingerprint density at radius 3 is 2.36 bits per heavy atom. The maximum absolute atomic E-state index is 11.8. The van der Waals surface area contributed by atoms with E-state index in [-0.39, 0.29) is 19.0 Å². The summed E-state index contributed by atoms with van der Waals surface area (Å²) in [5.74, 6) is -0.284. The zero-order chi connectivity index (χ0) is 18.1. The van der Waals surface area contributed by atoms with E-state index in [0.29, 0.717) is 10.6 Å². The Morgan fingerprint density at radius 1 is 1.04 bits per heavy atom. The number of hydrogen-bond acceptors (Lipinski definition) is 6. The molecular formula is C18H16ClNO5. The molecule has 25 heavy (non-hydrogen) atoms. The first-order chi connectivity index (χ1) is 12.1. The molecule has 0 heterocycles. The molecule has 0 amide bonds. The Balaban J connectivity index is 1.70. The molecule has 2 aromatic carbocycles. The Morgan fingerprint density at radius 2 is 1.72 bits per heavy atom. The third kappa shape index (κ3) is 6.27. The number of hydrogen-bond donors (Lipinski definition) is 0. The monoisotopic (exact) mass is 361 g/mol. The van der Waals surface area contributed by atoms with Crippen LogP contribution < -0.4 is 4.74 Å². The molecule has 0 radical (unpaired) electrons. The summed E-state index contributed by atoms with van der Waals surface area (Å²) in [5, 5.41) is 4.19. The van der Waals surface area contributed by atoms with E-state index in [1.165, 1.54) is 6.21 Å². The number of benzene rings is 2. The Hall–Kier alpha value is -2.86. The van der Waals surface area contributed by atoms with Gasteiger partial charge < -0.3 is 14.3 Å². The van der Waals surface area contributed by atoms with E-state index in [1.807, 2.05) is 0 Å². The van der Waals surface area contributed by atoms with Crippen molar-refractivity contribution in [1.29, 1.82) is 0 Å². The molecule has 7 heteroatoms. The van der Waals surface area contributed by atoms with Crippen molar-refractivity contribution in [2.24, 2.45) is 5.16 Å². The van der Waals surface area contributed by atoms with Gasteiger partial charge in [-0.2, -0.15) is 0 Å². The van der Waals surface area contributed by atoms with Crippen molar-refractivity contribution in [2.75, 3.05) is 20.3 Å². The van der Waals surface area contributed by atoms with Crippen molar-refractivity contribution >= 4 is 29.6 Å². The highest BCUT2D eigenvalue weighted by atomic mass is 35.5. The van der Waals surface area contributed by atoms with Gasteiger partial charge in [-0.25, -0.2) is 4.79 Å². The van der Waals surface area contributed by atoms with Gasteiger partial charge in [-0.3, -0.25) is 4.79 Å². The predicted molar refractivity (Wildman–Crippen MR) is 93.3 cm³/mol. The summed E-state index contributed by atoms with van der Waals surface area (Å²) in [7, 11) is 1.58. The maximum Gasteiger partial charge on any atom is 0.347 e. The smallest absolute Gasteiger partial charge is 0.347 e. The van der Waals surface area contributed by atoms with Crippen LogP contribution in [0.3, 0.4) is 0 Å². The minimum Gasteiger partial charge on any atom is -0.497 e. The molecule has 0 atom stereocenters. The lowest BCUT2D eigenvalue weighted by molar-refractivity contribution is -0.147. The average molecular weight is 362 g/mol. The number of carbonyl (C=O) groups is 2. The van der Waals surface area contributed by atoms with E-state index >= 15 is 0 Å². The van der Waals surface area contributed by atoms with Crippen molar-refractivity contribution in [1.82, 2.24) is 0 Å². The quantitative estimate of drug-likeness (QED) is 0.312. The van der Waals surface area contributed by atoms with Crippen molar-refractivity contribution in [2.45, 2.75) is 0 Å². The SMILES string of the molecule is COc1ccc(/C=N\OCC(=O)OCC(=O)c2ccc(Cl)cc2)cc1. The minimum absolute atomic E-state index is 0.327. The molecule has 2 rings (SSSR count). The van der Waals surface area contributed by atoms with Crippen LogP contribution in [0.2, 0.25) is 5.02 Å². The number of nitrogens with zero attached hydrogens (tertiary/aromatic N) is 1. The zero-order valence-corrected chi connectivity index (χ0v) is 14.2. The molecule has 0 saturated heterocycles. The first kappa shape index (κ1) is 18.5. The molecular weight excluding hydrogens is 346 g/mol. The molecule has 130 valence electrons. The number of halogens is 1. The molecule has 0 fully saturated rings. The van der Waals surface area contributed by atoms with Crippen LogP contribution in [-0.4, -0.2) is 38.3 Å². The average Bonchev–Trinajstić information content (AvgIpc) is 2.64. The molecule has 0 saturated carbocycles. The molecule has 0 unspecified atom stereocenters. The van der Waals surface area contributed by atoms with Crippen molar-refractivity contribution < 1.29 is 23.9 Å². The number of Topliss-reactive ketones (excluding diaryl/α,β-unsaturated/α-hetero) is 1. The molecule has 0 aliphatic rings. The number of rotatable bonds is 8. The predicted octanol–water partition coefficient (Wildman–Crippen LogP) is 3.13. The highest BCUT2D eigenvalue weighted by Crippen LogP contribution is 2.10. The summed E-state index contributed by atoms with van der Waals surface area (Å²) >= 11 is 5.74. The fraction of sp³-hybridized carbons (Fsp3) is 0.167. The van der Waals surface area contributed by atoms with Crippen molar-refractivity contribution in [3.63, 3.8) is 0 Å². The second-order valence-corrected chi connectivity index (χ2v) is 5.31. The van der Waals surface area contributed by atoms with Gasteiger partial charge in [0.15, 0.2) is 12.4 Å². The molecule has 0 aliphatic heterocycles. The van der Waals surface area contributed by atoms with E-state index in [1.54, 1.807) is 55.6 Å². The van der Waals surface area contributed by atoms with Crippen LogP contribution in [0.5, 0.6) is 5.75 Å². The molecule has 0 aliphatic carbocycles. The largest absolute Gasteiger partial charge is 0.497 e. The third-order valence-electron chi connectivity index (χ3n) is 3.10. The van der Waals surface area contributed by atoms with Crippen LogP contribution >= 0.6 is 11.6 Å². The highest BCUT2D eigenvalue weighted by molar-refractivity contribution is 6.30. The van der Waals surface area contributed by atoms with Crippen LogP contribution in [-0.2, 0) is 14.4 Å². The molecule has 0 spiro atoms. The first-order valence-corrected chi connectivity index (χ1v) is 7.70. The van der Waals surface area contributed by atoms with E-state index in [2.05, 4.69) is 5.16 Å². The summed E-state index contributed by atoms with van der Waals surface area (Å²) < 4.78 is 9.87. The minimum atomic E-state index is -0.686. The lowest BCUT2D eigenvalue weighted by Crippen LogP contribution is -2.17. The normalized spacial score (nSPS) is 10.5. The van der Waals surface area contributed by atoms with E-state index < -0.39 is 5.97 Å². The fourth-order valence-electron chi connectivity index (χ4n) is 1.78. The summed E-state index contributed by atoms with van der Waals surface area (Å²) in [5.41, 5.74) is 1.20. The number of ether oxygens (including phenoxy) is 2. The van der Waals surface area contributed by atoms with Crippen molar-refractivity contribution in [3.05, 3.63) is 64.7 Å². The van der Waals surface area contributed by atoms with Gasteiger partial charge in [-0.05, 0) is 54.1 Å². The Kier molecular flexibility index (Phi) is 6.98. The van der Waals surface area contributed by atoms with Gasteiger partial charge in [0, 0.05) is 10.6 Å². The van der Waals surface area contributed by atoms with E-state index in [9.17, 15) is 9.59 Å². The van der Waals surface area contributed by atoms with Gasteiger partial charge in [0.2, 0.25) is 6.61 Å². The van der Waals surface area contributed by atoms with Crippen LogP contribution in [0.4, 0.5) is 0 Å². The maximum atomic E-state index is 11.8. The lowest BCUT2D eigenvalue weighted by Gasteiger charge is -2.04. The molecule has 6 nitrogen and oxygen atoms in total. The van der Waals surface area contributed by atoms with E-state index in [0.717, 1.165) is 11.3 Å². The molecule has 2 aromatic rings. The lowest BCUT2D eigenvalue weighted by atomic mass is 10.1. The zero-order valence-electron chi connectivity index (χ0n) is 13.5. The van der Waals surface area contributed by atoms with Gasteiger partial charge in [-0.15, -0.1) is 0 Å². The van der Waals surface area contributed by atoms with Gasteiger partial charge in [0.25, 0.3) is 0 Å². The number of methoxy groups -OCH3 is 1. The van der Waals surface area contributed by atoms with Crippen LogP contribution in [0.1, 0.15) is 15.9 Å². The van der Waals surface area contributed by atoms with Crippen LogP contribution in [0, 0.1) is 0 Å².